The Balaban J connectivity index is 1.76. The second-order valence-electron chi connectivity index (χ2n) is 8.79. The Morgan fingerprint density at radius 3 is 2.52 bits per heavy atom. The number of halogens is 1. The summed E-state index contributed by atoms with van der Waals surface area (Å²) in [7, 11) is -1.20. The Bertz CT molecular complexity index is 1180. The van der Waals surface area contributed by atoms with Crippen molar-refractivity contribution in [3.63, 3.8) is 0 Å². The normalized spacial score (nSPS) is 12.0. The maximum atomic E-state index is 13.5. The molecule has 162 valence electrons. The molecule has 8 heteroatoms. The van der Waals surface area contributed by atoms with Crippen molar-refractivity contribution in [2.45, 2.75) is 39.0 Å². The van der Waals surface area contributed by atoms with Gasteiger partial charge in [-0.2, -0.15) is 5.10 Å². The van der Waals surface area contributed by atoms with Gasteiger partial charge in [-0.15, -0.1) is 0 Å². The van der Waals surface area contributed by atoms with Crippen molar-refractivity contribution < 1.29 is 14.2 Å². The van der Waals surface area contributed by atoms with Gasteiger partial charge in [0.1, 0.15) is 23.9 Å². The molecule has 0 atom stereocenters. The fourth-order valence-electron chi connectivity index (χ4n) is 3.47. The van der Waals surface area contributed by atoms with E-state index in [0.29, 0.717) is 18.0 Å². The van der Waals surface area contributed by atoms with Crippen LogP contribution in [-0.4, -0.2) is 39.0 Å². The number of hydrogen-bond donors (Lipinski definition) is 1. The first-order valence-electron chi connectivity index (χ1n) is 10.3. The highest BCUT2D eigenvalue weighted by molar-refractivity contribution is 6.76. The second kappa shape index (κ2) is 8.74. The number of aliphatic hydroxyl groups is 1. The van der Waals surface area contributed by atoms with Crippen LogP contribution in [0.4, 0.5) is 4.39 Å². The Morgan fingerprint density at radius 2 is 1.81 bits per heavy atom. The fraction of sp³-hybridized carbons (Fsp3) is 0.304. The van der Waals surface area contributed by atoms with Crippen LogP contribution in [-0.2, 0) is 18.1 Å². The van der Waals surface area contributed by atoms with Crippen LogP contribution in [0.1, 0.15) is 5.69 Å². The molecule has 3 aromatic heterocycles. The minimum Gasteiger partial charge on any atom is -0.390 e. The summed E-state index contributed by atoms with van der Waals surface area (Å²) in [4.78, 5) is 4.30. The summed E-state index contributed by atoms with van der Waals surface area (Å²) in [5.74, 6) is -0.304. The van der Waals surface area contributed by atoms with Crippen molar-refractivity contribution in [1.82, 2.24) is 19.2 Å². The quantitative estimate of drug-likeness (QED) is 0.317. The third-order valence-electron chi connectivity index (χ3n) is 5.21. The van der Waals surface area contributed by atoms with Gasteiger partial charge in [0.05, 0.1) is 12.3 Å². The molecule has 0 spiro atoms. The first-order chi connectivity index (χ1) is 14.9. The van der Waals surface area contributed by atoms with Gasteiger partial charge in [-0.05, 0) is 42.4 Å². The number of nitrogens with zero attached hydrogens (tertiary/aromatic N) is 4. The van der Waals surface area contributed by atoms with Crippen molar-refractivity contribution in [1.29, 1.82) is 0 Å². The highest BCUT2D eigenvalue weighted by Crippen LogP contribution is 2.35. The Morgan fingerprint density at radius 1 is 1.06 bits per heavy atom. The average molecular weight is 439 g/mol. The van der Waals surface area contributed by atoms with Gasteiger partial charge in [0.2, 0.25) is 0 Å². The number of rotatable bonds is 8. The van der Waals surface area contributed by atoms with Gasteiger partial charge >= 0.3 is 0 Å². The molecule has 0 saturated carbocycles. The highest BCUT2D eigenvalue weighted by Gasteiger charge is 2.21. The van der Waals surface area contributed by atoms with E-state index in [-0.39, 0.29) is 19.2 Å². The third kappa shape index (κ3) is 4.76. The molecule has 1 aromatic carbocycles. The lowest BCUT2D eigenvalue weighted by Gasteiger charge is -2.15. The highest BCUT2D eigenvalue weighted by atomic mass is 28.3. The lowest BCUT2D eigenvalue weighted by atomic mass is 10.00. The number of benzene rings is 1. The minimum atomic E-state index is -1.20. The molecular formula is C23H27FN4O2Si. The van der Waals surface area contributed by atoms with Crippen molar-refractivity contribution in [2.24, 2.45) is 0 Å². The van der Waals surface area contributed by atoms with E-state index >= 15 is 0 Å². The summed E-state index contributed by atoms with van der Waals surface area (Å²) in [5.41, 5.74) is 4.64. The molecule has 0 bridgehead atoms. The molecule has 4 rings (SSSR count). The molecule has 0 amide bonds. The smallest absolute Gasteiger partial charge is 0.139 e. The van der Waals surface area contributed by atoms with E-state index in [1.165, 1.54) is 12.1 Å². The monoisotopic (exact) mass is 438 g/mol. The SMILES string of the molecule is C[Si](C)(C)CCOCn1nc(-c2ccc(F)cc2)c(-c2ccc3nccn3c2)c1CO. The zero-order chi connectivity index (χ0) is 22.0. The maximum Gasteiger partial charge on any atom is 0.139 e. The van der Waals surface area contributed by atoms with Gasteiger partial charge < -0.3 is 14.2 Å². The Labute approximate surface area is 181 Å². The van der Waals surface area contributed by atoms with Crippen LogP contribution in [0.25, 0.3) is 28.0 Å². The van der Waals surface area contributed by atoms with Crippen LogP contribution in [0.2, 0.25) is 25.7 Å². The van der Waals surface area contributed by atoms with Crippen LogP contribution in [0, 0.1) is 5.82 Å². The summed E-state index contributed by atoms with van der Waals surface area (Å²) in [5, 5.41) is 15.0. The number of aromatic nitrogens is 4. The van der Waals surface area contributed by atoms with Crippen molar-refractivity contribution in [3.8, 4) is 22.4 Å². The van der Waals surface area contributed by atoms with Crippen molar-refractivity contribution in [2.75, 3.05) is 6.61 Å². The van der Waals surface area contributed by atoms with Crippen LogP contribution in [0.3, 0.4) is 0 Å². The molecule has 0 unspecified atom stereocenters. The summed E-state index contributed by atoms with van der Waals surface area (Å²) in [6, 6.07) is 11.2. The van der Waals surface area contributed by atoms with Gasteiger partial charge in [-0.1, -0.05) is 19.6 Å². The second-order valence-corrected chi connectivity index (χ2v) is 14.4. The van der Waals surface area contributed by atoms with E-state index in [4.69, 9.17) is 9.84 Å². The summed E-state index contributed by atoms with van der Waals surface area (Å²) in [6.07, 6.45) is 5.57. The van der Waals surface area contributed by atoms with Crippen molar-refractivity contribution >= 4 is 13.7 Å². The van der Waals surface area contributed by atoms with Crippen molar-refractivity contribution in [3.05, 3.63) is 66.5 Å². The number of hydrogen-bond acceptors (Lipinski definition) is 4. The van der Waals surface area contributed by atoms with E-state index in [0.717, 1.165) is 28.4 Å². The first kappa shape index (κ1) is 21.4. The fourth-order valence-corrected chi connectivity index (χ4v) is 4.23. The van der Waals surface area contributed by atoms with E-state index in [1.54, 1.807) is 23.0 Å². The third-order valence-corrected chi connectivity index (χ3v) is 6.92. The molecule has 0 radical (unpaired) electrons. The number of fused-ring (bicyclic) bond motifs is 1. The zero-order valence-electron chi connectivity index (χ0n) is 18.0. The van der Waals surface area contributed by atoms with Crippen LogP contribution in [0.5, 0.6) is 0 Å². The number of pyridine rings is 1. The van der Waals surface area contributed by atoms with Gasteiger partial charge in [0, 0.05) is 50.0 Å². The number of ether oxygens (including phenoxy) is 1. The van der Waals surface area contributed by atoms with Crippen LogP contribution >= 0.6 is 0 Å². The lowest BCUT2D eigenvalue weighted by Crippen LogP contribution is -2.22. The van der Waals surface area contributed by atoms with Gasteiger partial charge in [0.25, 0.3) is 0 Å². The zero-order valence-corrected chi connectivity index (χ0v) is 19.0. The summed E-state index contributed by atoms with van der Waals surface area (Å²) in [6.45, 7) is 7.63. The van der Waals surface area contributed by atoms with Crippen LogP contribution < -0.4 is 0 Å². The Hall–Kier alpha value is -2.81. The van der Waals surface area contributed by atoms with Gasteiger partial charge in [0.15, 0.2) is 0 Å². The molecule has 0 aliphatic rings. The minimum absolute atomic E-state index is 0.192. The molecular weight excluding hydrogens is 411 g/mol. The molecule has 0 saturated heterocycles. The predicted octanol–water partition coefficient (Wildman–Crippen LogP) is 4.81. The van der Waals surface area contributed by atoms with Crippen LogP contribution in [0.15, 0.2) is 55.0 Å². The standard InChI is InChI=1S/C23H27FN4O2Si/c1-31(2,3)13-12-30-16-28-20(15-29)22(18-6-9-21-25-10-11-27(21)14-18)23(26-28)17-4-7-19(24)8-5-17/h4-11,14,29H,12-13,15-16H2,1-3H3. The molecule has 1 N–H and O–H groups in total. The van der Waals surface area contributed by atoms with Gasteiger partial charge in [-0.25, -0.2) is 14.1 Å². The first-order valence-corrected chi connectivity index (χ1v) is 14.0. The predicted molar refractivity (Wildman–Crippen MR) is 122 cm³/mol. The molecule has 4 aromatic rings. The molecule has 6 nitrogen and oxygen atoms in total. The number of aliphatic hydroxyl groups excluding tert-OH is 1. The van der Waals surface area contributed by atoms with Gasteiger partial charge in [-0.3, -0.25) is 0 Å². The van der Waals surface area contributed by atoms with E-state index < -0.39 is 8.07 Å². The Kier molecular flexibility index (Phi) is 6.04. The largest absolute Gasteiger partial charge is 0.390 e. The molecule has 0 aliphatic heterocycles. The summed E-state index contributed by atoms with van der Waals surface area (Å²) >= 11 is 0. The molecule has 0 fully saturated rings. The molecule has 0 aliphatic carbocycles. The van der Waals surface area contributed by atoms with E-state index in [2.05, 4.69) is 24.6 Å². The summed E-state index contributed by atoms with van der Waals surface area (Å²) < 4.78 is 23.1. The van der Waals surface area contributed by atoms with E-state index in [1.807, 2.05) is 28.9 Å². The number of imidazole rings is 1. The average Bonchev–Trinajstić information content (AvgIpc) is 3.34. The molecule has 31 heavy (non-hydrogen) atoms. The maximum absolute atomic E-state index is 13.5. The van der Waals surface area contributed by atoms with E-state index in [9.17, 15) is 9.50 Å². The molecule has 3 heterocycles. The topological polar surface area (TPSA) is 64.6 Å². The lowest BCUT2D eigenvalue weighted by molar-refractivity contribution is 0.0734.